The monoisotopic (exact) mass is 486 g/mol. The smallest absolute Gasteiger partial charge is 0.234 e. The van der Waals surface area contributed by atoms with Crippen molar-refractivity contribution < 1.29 is 14.3 Å². The van der Waals surface area contributed by atoms with Crippen LogP contribution in [0.5, 0.6) is 11.5 Å². The van der Waals surface area contributed by atoms with Gasteiger partial charge in [-0.05, 0) is 35.7 Å². The molecule has 3 aromatic carbocycles. The highest BCUT2D eigenvalue weighted by Gasteiger charge is 2.20. The van der Waals surface area contributed by atoms with Crippen molar-refractivity contribution >= 4 is 40.2 Å². The average molecular weight is 487 g/mol. The predicted octanol–water partition coefficient (Wildman–Crippen LogP) is 4.94. The topological polar surface area (TPSA) is 76.6 Å². The zero-order valence-electron chi connectivity index (χ0n) is 19.7. The lowest BCUT2D eigenvalue weighted by Crippen LogP contribution is -2.31. The Morgan fingerprint density at radius 1 is 0.971 bits per heavy atom. The van der Waals surface area contributed by atoms with E-state index in [1.165, 1.54) is 22.9 Å². The molecule has 1 aliphatic heterocycles. The van der Waals surface area contributed by atoms with Gasteiger partial charge in [-0.1, -0.05) is 54.2 Å². The molecule has 2 heterocycles. The van der Waals surface area contributed by atoms with Gasteiger partial charge in [0.1, 0.15) is 5.03 Å². The molecule has 35 heavy (non-hydrogen) atoms. The van der Waals surface area contributed by atoms with Crippen LogP contribution < -0.4 is 19.7 Å². The molecule has 0 fully saturated rings. The number of amides is 1. The Bertz CT molecular complexity index is 1380. The van der Waals surface area contributed by atoms with E-state index in [9.17, 15) is 4.79 Å². The summed E-state index contributed by atoms with van der Waals surface area (Å²) in [7, 11) is 3.15. The first-order valence-corrected chi connectivity index (χ1v) is 12.4. The number of nitrogens with one attached hydrogen (secondary N) is 1. The van der Waals surface area contributed by atoms with Crippen LogP contribution in [0.25, 0.3) is 10.9 Å². The van der Waals surface area contributed by atoms with Crippen LogP contribution in [0.3, 0.4) is 0 Å². The maximum absolute atomic E-state index is 12.7. The van der Waals surface area contributed by atoms with Crippen LogP contribution in [0.4, 0.5) is 11.6 Å². The van der Waals surface area contributed by atoms with Crippen molar-refractivity contribution in [1.82, 2.24) is 9.97 Å². The van der Waals surface area contributed by atoms with Crippen molar-refractivity contribution in [1.29, 1.82) is 0 Å². The van der Waals surface area contributed by atoms with E-state index in [-0.39, 0.29) is 11.7 Å². The minimum absolute atomic E-state index is 0.127. The van der Waals surface area contributed by atoms with Gasteiger partial charge < -0.3 is 19.7 Å². The number of rotatable bonds is 7. The third-order valence-corrected chi connectivity index (χ3v) is 6.97. The van der Waals surface area contributed by atoms with Gasteiger partial charge in [0.2, 0.25) is 11.9 Å². The van der Waals surface area contributed by atoms with Crippen molar-refractivity contribution in [3.63, 3.8) is 0 Å². The highest BCUT2D eigenvalue weighted by molar-refractivity contribution is 8.00. The molecule has 0 atom stereocenters. The van der Waals surface area contributed by atoms with Crippen LogP contribution in [-0.2, 0) is 17.8 Å². The number of fused-ring (bicyclic) bond motifs is 2. The molecule has 7 nitrogen and oxygen atoms in total. The second-order valence-corrected chi connectivity index (χ2v) is 9.16. The SMILES string of the molecule is COc1ccc(NC(=O)CSc2nc(N3CCc4ccccc4C3)nc3ccccc23)cc1OC. The standard InChI is InChI=1S/C27H26N4O3S/c1-33-23-12-11-20(15-24(23)34-2)28-25(32)17-35-26-21-9-5-6-10-22(21)29-27(30-26)31-14-13-18-7-3-4-8-19(18)16-31/h3-12,15H,13-14,16-17H2,1-2H3,(H,28,32). The second-order valence-electron chi connectivity index (χ2n) is 8.19. The Labute approximate surface area is 208 Å². The number of thioether (sulfide) groups is 1. The fourth-order valence-electron chi connectivity index (χ4n) is 4.20. The van der Waals surface area contributed by atoms with Gasteiger partial charge in [-0.3, -0.25) is 4.79 Å². The van der Waals surface area contributed by atoms with Crippen LogP contribution in [0.1, 0.15) is 11.1 Å². The Morgan fingerprint density at radius 2 is 1.74 bits per heavy atom. The van der Waals surface area contributed by atoms with Crippen molar-refractivity contribution in [2.45, 2.75) is 18.0 Å². The van der Waals surface area contributed by atoms with Crippen molar-refractivity contribution in [3.05, 3.63) is 77.9 Å². The highest BCUT2D eigenvalue weighted by atomic mass is 32.2. The molecule has 1 aliphatic rings. The van der Waals surface area contributed by atoms with E-state index in [0.29, 0.717) is 23.1 Å². The first-order valence-electron chi connectivity index (χ1n) is 11.4. The number of anilines is 2. The minimum atomic E-state index is -0.127. The summed E-state index contributed by atoms with van der Waals surface area (Å²) in [6.07, 6.45) is 0.961. The largest absolute Gasteiger partial charge is 0.493 e. The number of carbonyl (C=O) groups excluding carboxylic acids is 1. The summed E-state index contributed by atoms with van der Waals surface area (Å²) in [5.74, 6) is 1.96. The summed E-state index contributed by atoms with van der Waals surface area (Å²) in [6.45, 7) is 1.64. The molecule has 4 aromatic rings. The number of para-hydroxylation sites is 1. The number of nitrogens with zero attached hydrogens (tertiary/aromatic N) is 3. The first kappa shape index (κ1) is 23.0. The molecule has 1 aromatic heterocycles. The predicted molar refractivity (Wildman–Crippen MR) is 140 cm³/mol. The molecular formula is C27H26N4O3S. The van der Waals surface area contributed by atoms with E-state index in [1.807, 2.05) is 24.3 Å². The number of carbonyl (C=O) groups is 1. The lowest BCUT2D eigenvalue weighted by atomic mass is 10.0. The third kappa shape index (κ3) is 5.02. The number of methoxy groups -OCH3 is 2. The molecule has 0 saturated heterocycles. The van der Waals surface area contributed by atoms with Gasteiger partial charge in [-0.2, -0.15) is 0 Å². The fraction of sp³-hybridized carbons (Fsp3) is 0.222. The maximum Gasteiger partial charge on any atom is 0.234 e. The lowest BCUT2D eigenvalue weighted by Gasteiger charge is -2.29. The van der Waals surface area contributed by atoms with Crippen molar-refractivity contribution in [2.24, 2.45) is 0 Å². The van der Waals surface area contributed by atoms with Crippen molar-refractivity contribution in [3.8, 4) is 11.5 Å². The summed E-state index contributed by atoms with van der Waals surface area (Å²) in [6, 6.07) is 21.7. The lowest BCUT2D eigenvalue weighted by molar-refractivity contribution is -0.113. The number of hydrogen-bond acceptors (Lipinski definition) is 7. The van der Waals surface area contributed by atoms with Crippen LogP contribution in [-0.4, -0.2) is 42.4 Å². The van der Waals surface area contributed by atoms with E-state index in [2.05, 4.69) is 34.5 Å². The molecule has 0 bridgehead atoms. The summed E-state index contributed by atoms with van der Waals surface area (Å²) in [4.78, 5) is 24.7. The zero-order chi connectivity index (χ0) is 24.2. The Kier molecular flexibility index (Phi) is 6.72. The van der Waals surface area contributed by atoms with E-state index in [0.717, 1.165) is 35.4 Å². The van der Waals surface area contributed by atoms with E-state index < -0.39 is 0 Å². The summed E-state index contributed by atoms with van der Waals surface area (Å²) >= 11 is 1.41. The van der Waals surface area contributed by atoms with Crippen LogP contribution in [0, 0.1) is 0 Å². The Morgan fingerprint density at radius 3 is 2.57 bits per heavy atom. The van der Waals surface area contributed by atoms with Gasteiger partial charge in [-0.25, -0.2) is 9.97 Å². The summed E-state index contributed by atoms with van der Waals surface area (Å²) in [5.41, 5.74) is 4.21. The van der Waals surface area contributed by atoms with Gasteiger partial charge in [-0.15, -0.1) is 0 Å². The molecule has 0 aliphatic carbocycles. The molecule has 1 amide bonds. The fourth-order valence-corrected chi connectivity index (χ4v) is 5.01. The molecule has 178 valence electrons. The number of ether oxygens (including phenoxy) is 2. The Hall–Kier alpha value is -3.78. The zero-order valence-corrected chi connectivity index (χ0v) is 20.5. The molecule has 0 saturated carbocycles. The second kappa shape index (κ2) is 10.2. The number of benzene rings is 3. The van der Waals surface area contributed by atoms with Gasteiger partial charge >= 0.3 is 0 Å². The molecule has 5 rings (SSSR count). The number of hydrogen-bond donors (Lipinski definition) is 1. The van der Waals surface area contributed by atoms with Crippen molar-refractivity contribution in [2.75, 3.05) is 36.7 Å². The highest BCUT2D eigenvalue weighted by Crippen LogP contribution is 2.31. The van der Waals surface area contributed by atoms with Gasteiger partial charge in [0, 0.05) is 30.2 Å². The average Bonchev–Trinajstić information content (AvgIpc) is 2.91. The summed E-state index contributed by atoms with van der Waals surface area (Å²) < 4.78 is 10.6. The maximum atomic E-state index is 12.7. The van der Waals surface area contributed by atoms with Gasteiger partial charge in [0.15, 0.2) is 11.5 Å². The summed E-state index contributed by atoms with van der Waals surface area (Å²) in [5, 5.41) is 4.67. The van der Waals surface area contributed by atoms with E-state index in [1.54, 1.807) is 32.4 Å². The minimum Gasteiger partial charge on any atom is -0.493 e. The van der Waals surface area contributed by atoms with Crippen LogP contribution in [0.15, 0.2) is 71.8 Å². The van der Waals surface area contributed by atoms with Crippen LogP contribution in [0.2, 0.25) is 0 Å². The molecule has 1 N–H and O–H groups in total. The third-order valence-electron chi connectivity index (χ3n) is 5.98. The Balaban J connectivity index is 1.34. The number of aromatic nitrogens is 2. The normalized spacial score (nSPS) is 12.8. The quantitative estimate of drug-likeness (QED) is 0.293. The van der Waals surface area contributed by atoms with E-state index >= 15 is 0 Å². The van der Waals surface area contributed by atoms with E-state index in [4.69, 9.17) is 19.4 Å². The van der Waals surface area contributed by atoms with Gasteiger partial charge in [0.25, 0.3) is 0 Å². The molecule has 0 radical (unpaired) electrons. The van der Waals surface area contributed by atoms with Gasteiger partial charge in [0.05, 0.1) is 25.5 Å². The molecular weight excluding hydrogens is 460 g/mol. The van der Waals surface area contributed by atoms with Crippen LogP contribution >= 0.6 is 11.8 Å². The molecule has 8 heteroatoms. The molecule has 0 spiro atoms. The first-order chi connectivity index (χ1) is 17.1. The molecule has 0 unspecified atom stereocenters.